The van der Waals surface area contributed by atoms with Crippen LogP contribution in [0.15, 0.2) is 79.0 Å². The van der Waals surface area contributed by atoms with E-state index in [0.717, 1.165) is 21.6 Å². The normalized spacial score (nSPS) is 22.2. The number of nitrogens with two attached hydrogens (primary N) is 3. The average molecular weight is 1430 g/mol. The number of aromatic amines is 1. The van der Waals surface area contributed by atoms with Crippen molar-refractivity contribution in [1.29, 1.82) is 0 Å². The molecule has 4 aromatic rings. The molecule has 99 heavy (non-hydrogen) atoms. The second kappa shape index (κ2) is 39.4. The van der Waals surface area contributed by atoms with Gasteiger partial charge in [-0.25, -0.2) is 0 Å². The van der Waals surface area contributed by atoms with Crippen molar-refractivity contribution in [3.63, 3.8) is 0 Å². The maximum Gasteiger partial charge on any atom is 0.389 e. The number of aromatic nitrogens is 1. The number of carbonyl (C=O) groups is 12. The number of carboxylic acids is 1. The molecule has 6 rings (SSSR count). The van der Waals surface area contributed by atoms with Crippen molar-refractivity contribution >= 4 is 103 Å². The number of unbranched alkanes of at least 4 members (excludes halogenated alkanes) is 1. The minimum absolute atomic E-state index is 0.0237. The lowest BCUT2D eigenvalue weighted by atomic mass is 10.0. The molecular weight excluding hydrogens is 1340 g/mol. The number of halogens is 3. The summed E-state index contributed by atoms with van der Waals surface area (Å²) in [4.78, 5) is 172. The average Bonchev–Trinajstić information content (AvgIpc) is 1.78. The highest BCUT2D eigenvalue weighted by Gasteiger charge is 2.39. The van der Waals surface area contributed by atoms with Crippen LogP contribution in [-0.2, 0) is 76.8 Å². The van der Waals surface area contributed by atoms with Gasteiger partial charge in [0.15, 0.2) is 0 Å². The molecule has 2 aliphatic rings. The number of benzene rings is 3. The maximum atomic E-state index is 14.9. The van der Waals surface area contributed by atoms with Crippen LogP contribution in [0, 0.1) is 0 Å². The van der Waals surface area contributed by atoms with Gasteiger partial charge in [-0.05, 0) is 111 Å². The van der Waals surface area contributed by atoms with Gasteiger partial charge in [0.25, 0.3) is 0 Å². The third-order valence-electron chi connectivity index (χ3n) is 16.4. The number of rotatable bonds is 22. The van der Waals surface area contributed by atoms with Crippen molar-refractivity contribution in [2.75, 3.05) is 37.7 Å². The van der Waals surface area contributed by atoms with Gasteiger partial charge in [0, 0.05) is 93.2 Å². The molecule has 0 aliphatic carbocycles. The van der Waals surface area contributed by atoms with E-state index in [4.69, 9.17) is 17.2 Å². The second-order valence-electron chi connectivity index (χ2n) is 24.1. The Hall–Kier alpha value is -9.15. The number of primary amides is 1. The molecular formula is C65H87F3N14O15S2. The highest BCUT2D eigenvalue weighted by Crippen LogP contribution is 2.27. The van der Waals surface area contributed by atoms with E-state index in [0.29, 0.717) is 59.7 Å². The van der Waals surface area contributed by atoms with E-state index in [-0.39, 0.29) is 89.0 Å². The Labute approximate surface area is 576 Å². The lowest BCUT2D eigenvalue weighted by Crippen LogP contribution is -2.60. The van der Waals surface area contributed by atoms with E-state index in [9.17, 15) is 86.0 Å². The minimum atomic E-state index is -4.95. The Bertz CT molecular complexity index is 3440. The Morgan fingerprint density at radius 1 is 0.646 bits per heavy atom. The van der Waals surface area contributed by atoms with Gasteiger partial charge in [-0.1, -0.05) is 70.5 Å². The number of fused-ring (bicyclic) bond motifs is 1. The van der Waals surface area contributed by atoms with Crippen molar-refractivity contribution in [3.05, 3.63) is 95.7 Å². The lowest BCUT2D eigenvalue weighted by Gasteiger charge is -2.28. The Kier molecular flexibility index (Phi) is 31.4. The predicted octanol–water partition coefficient (Wildman–Crippen LogP) is 0.718. The van der Waals surface area contributed by atoms with Gasteiger partial charge >= 0.3 is 12.1 Å². The van der Waals surface area contributed by atoms with E-state index >= 15 is 0 Å². The Morgan fingerprint density at radius 3 is 1.91 bits per heavy atom. The van der Waals surface area contributed by atoms with E-state index in [2.05, 4.69) is 52.8 Å². The van der Waals surface area contributed by atoms with E-state index in [1.165, 1.54) is 53.4 Å². The number of hydrogen-bond donors (Lipinski definition) is 16. The third kappa shape index (κ3) is 26.2. The van der Waals surface area contributed by atoms with Crippen LogP contribution in [0.5, 0.6) is 11.5 Å². The van der Waals surface area contributed by atoms with Gasteiger partial charge in [0.2, 0.25) is 65.0 Å². The monoisotopic (exact) mass is 1420 g/mol. The lowest BCUT2D eigenvalue weighted by molar-refractivity contribution is -0.142. The summed E-state index contributed by atoms with van der Waals surface area (Å²) in [7, 11) is 1.50. The van der Waals surface area contributed by atoms with Crippen LogP contribution in [0.4, 0.5) is 13.2 Å². The molecule has 540 valence electrons. The Morgan fingerprint density at radius 2 is 1.25 bits per heavy atom. The van der Waals surface area contributed by atoms with E-state index < -0.39 is 169 Å². The molecule has 1 aromatic heterocycles. The molecule has 0 radical (unpaired) electrons. The number of carbonyl (C=O) groups excluding carboxylic acids is 11. The molecule has 0 bridgehead atoms. The zero-order valence-corrected chi connectivity index (χ0v) is 56.0. The van der Waals surface area contributed by atoms with Crippen LogP contribution in [0.3, 0.4) is 0 Å². The first-order chi connectivity index (χ1) is 47.2. The topological polar surface area (TPSA) is 471 Å². The van der Waals surface area contributed by atoms with Crippen LogP contribution >= 0.6 is 21.6 Å². The molecule has 34 heteroatoms. The van der Waals surface area contributed by atoms with Gasteiger partial charge in [0.05, 0.1) is 0 Å². The first kappa shape index (κ1) is 78.8. The van der Waals surface area contributed by atoms with Crippen molar-refractivity contribution in [2.24, 2.45) is 17.2 Å². The minimum Gasteiger partial charge on any atom is -0.508 e. The number of hydrogen-bond acceptors (Lipinski definition) is 18. The zero-order chi connectivity index (χ0) is 72.2. The first-order valence-corrected chi connectivity index (χ1v) is 35.0. The fraction of sp³-hybridized carbons (Fsp3) is 0.508. The van der Waals surface area contributed by atoms with Gasteiger partial charge < -0.3 is 90.3 Å². The summed E-state index contributed by atoms with van der Waals surface area (Å²) in [6, 6.07) is 3.67. The van der Waals surface area contributed by atoms with Crippen molar-refractivity contribution in [1.82, 2.24) is 57.7 Å². The summed E-state index contributed by atoms with van der Waals surface area (Å²) < 4.78 is 42.8. The van der Waals surface area contributed by atoms with Crippen LogP contribution < -0.4 is 65.1 Å². The molecule has 3 aromatic carbocycles. The number of phenolic OH excluding ortho intramolecular Hbond substituents is 2. The number of alkyl halides is 3. The van der Waals surface area contributed by atoms with Crippen LogP contribution in [0.2, 0.25) is 0 Å². The quantitative estimate of drug-likeness (QED) is 0.0381. The molecule has 0 unspecified atom stereocenters. The molecule has 9 atom stereocenters. The largest absolute Gasteiger partial charge is 0.508 e. The number of phenols is 2. The third-order valence-corrected chi connectivity index (χ3v) is 18.9. The molecule has 0 saturated carbocycles. The molecule has 11 amide bonds. The van der Waals surface area contributed by atoms with Gasteiger partial charge in [-0.3, -0.25) is 57.5 Å². The molecule has 3 heterocycles. The number of nitrogens with one attached hydrogen (secondary N) is 10. The highest BCUT2D eigenvalue weighted by molar-refractivity contribution is 8.76. The van der Waals surface area contributed by atoms with Gasteiger partial charge in [-0.2, -0.15) is 13.2 Å². The maximum absolute atomic E-state index is 14.9. The van der Waals surface area contributed by atoms with Crippen LogP contribution in [0.25, 0.3) is 10.9 Å². The standard InChI is InChI=1S/C65H87F3N14O15S2/c66-65(67,68)26-24-46-59(92)78-47(31-37-14-18-40(83)19-15-37)60(93)75-44(11-5-6-27-69)57(90)72-29-7-1-2-13-53(85)74-49(33-39-34-73-43-10-4-3-9-42(39)43)62(95)76-45(22-23-55(87)88)58(91)80-50(56(71)89)35-98-99-36-51(63(96)77-46)81-61(94)48(32-38-16-20-41(84)21-17-38)79-64(97)52-12-8-30-82(52)54(86)25-28-70/h3-4,9-10,14-21,34,44-52,73,83-84H,1-2,5-8,11-13,22-33,35-36,69-70H2,(H2,71,89)(H,72,90)(H,74,85)(H,75,93)(H,76,95)(H,77,96)(H,78,92)(H,79,97)(H,80,91)(H,81,94)(H,87,88)/t44-,45-,46+,47-,48-,49-,50-,51-,52-/m0/s1. The fourth-order valence-electron chi connectivity index (χ4n) is 11.1. The molecule has 2 fully saturated rings. The van der Waals surface area contributed by atoms with Crippen molar-refractivity contribution < 1.29 is 86.0 Å². The second-order valence-corrected chi connectivity index (χ2v) is 26.6. The molecule has 2 saturated heterocycles. The molecule has 29 nitrogen and oxygen atoms in total. The molecule has 2 aliphatic heterocycles. The Balaban J connectivity index is 1.38. The molecule has 0 spiro atoms. The van der Waals surface area contributed by atoms with Crippen molar-refractivity contribution in [2.45, 2.75) is 170 Å². The number of para-hydroxylation sites is 1. The highest BCUT2D eigenvalue weighted by atomic mass is 33.1. The number of H-pyrrole nitrogens is 1. The summed E-state index contributed by atoms with van der Waals surface area (Å²) in [5.74, 6) is -13.0. The van der Waals surface area contributed by atoms with Crippen LogP contribution in [0.1, 0.15) is 107 Å². The summed E-state index contributed by atoms with van der Waals surface area (Å²) in [6.07, 6.45) is -6.11. The summed E-state index contributed by atoms with van der Waals surface area (Å²) in [5, 5.41) is 53.7. The van der Waals surface area contributed by atoms with E-state index in [1.54, 1.807) is 30.5 Å². The van der Waals surface area contributed by atoms with Gasteiger partial charge in [-0.15, -0.1) is 0 Å². The first-order valence-electron chi connectivity index (χ1n) is 32.5. The number of amides is 11. The summed E-state index contributed by atoms with van der Waals surface area (Å²) in [5.41, 5.74) is 19.2. The van der Waals surface area contributed by atoms with Gasteiger partial charge in [0.1, 0.15) is 65.9 Å². The predicted molar refractivity (Wildman–Crippen MR) is 360 cm³/mol. The number of aliphatic carboxylic acids is 1. The zero-order valence-electron chi connectivity index (χ0n) is 54.3. The SMILES string of the molecule is NCCCC[C@@H]1NC(=O)[C@H](Cc2ccc(O)cc2)NC(=O)[C@@H](CCC(F)(F)F)NC(=O)[C@@H](NC(=O)[C@H](Cc2ccc(O)cc2)NC(=O)[C@@H]2CCCN2C(=O)CCN)CSSC[C@@H](C(N)=O)NC(=O)[C@H](CCC(=O)O)NC(=O)[C@H](Cc2c[nH]c3ccccc23)NC(=O)CCCCCNC1=O. The summed E-state index contributed by atoms with van der Waals surface area (Å²) in [6.45, 7) is 0.414. The summed E-state index contributed by atoms with van der Waals surface area (Å²) >= 11 is 0. The fourth-order valence-corrected chi connectivity index (χ4v) is 13.4. The number of likely N-dealkylation sites (tertiary alicyclic amines) is 1. The smallest absolute Gasteiger partial charge is 0.389 e. The number of carboxylic acid groups (broad SMARTS) is 1. The van der Waals surface area contributed by atoms with Crippen LogP contribution in [-0.4, -0.2) is 194 Å². The number of aromatic hydroxyl groups is 2. The van der Waals surface area contributed by atoms with E-state index in [1.807, 2.05) is 0 Å². The van der Waals surface area contributed by atoms with Crippen molar-refractivity contribution in [3.8, 4) is 11.5 Å². The molecule has 19 N–H and O–H groups in total. The number of nitrogens with zero attached hydrogens (tertiary/aromatic N) is 1.